The number of hydrogen-bond acceptors (Lipinski definition) is 5. The van der Waals surface area contributed by atoms with E-state index in [2.05, 4.69) is 26.6 Å². The number of rotatable bonds is 9. The van der Waals surface area contributed by atoms with Crippen molar-refractivity contribution in [3.63, 3.8) is 0 Å². The quantitative estimate of drug-likeness (QED) is 0.308. The molecule has 3 N–H and O–H groups in total. The fraction of sp³-hybridized carbons (Fsp3) is 0.160. The molecule has 3 aromatic rings. The van der Waals surface area contributed by atoms with E-state index in [0.29, 0.717) is 38.4 Å². The maximum absolute atomic E-state index is 14.9. The van der Waals surface area contributed by atoms with Crippen LogP contribution in [0.25, 0.3) is 0 Å². The van der Waals surface area contributed by atoms with Crippen molar-refractivity contribution in [1.82, 2.24) is 0 Å². The average Bonchev–Trinajstić information content (AvgIpc) is 2.79. The van der Waals surface area contributed by atoms with Gasteiger partial charge in [0.15, 0.2) is 5.78 Å². The second kappa shape index (κ2) is 10.9. The van der Waals surface area contributed by atoms with E-state index in [-0.39, 0.29) is 18.4 Å². The van der Waals surface area contributed by atoms with Crippen LogP contribution >= 0.6 is 15.9 Å². The first-order valence-corrected chi connectivity index (χ1v) is 11.0. The molecule has 0 aliphatic heterocycles. The van der Waals surface area contributed by atoms with Crippen molar-refractivity contribution in [2.24, 2.45) is 0 Å². The van der Waals surface area contributed by atoms with Gasteiger partial charge >= 0.3 is 5.97 Å². The third-order valence-corrected chi connectivity index (χ3v) is 5.49. The minimum Gasteiger partial charge on any atom is -0.497 e. The van der Waals surface area contributed by atoms with Crippen molar-refractivity contribution < 1.29 is 28.6 Å². The van der Waals surface area contributed by atoms with E-state index in [1.165, 1.54) is 19.2 Å². The lowest BCUT2D eigenvalue weighted by molar-refractivity contribution is -0.138. The number of carbonyl (C=O) groups excluding carboxylic acids is 2. The van der Waals surface area contributed by atoms with Gasteiger partial charge in [0.25, 0.3) is 0 Å². The number of carboxylic acid groups (broad SMARTS) is 1. The Kier molecular flexibility index (Phi) is 8.01. The van der Waals surface area contributed by atoms with Gasteiger partial charge in [-0.05, 0) is 67.1 Å². The van der Waals surface area contributed by atoms with Gasteiger partial charge in [0, 0.05) is 22.1 Å². The SMILES string of the molecule is COc1ccc(C(=O)c2ccc(Nc3ccc(Br)cc3NC(=O)CCC(=O)O)cc2F)c(C)c1. The predicted octanol–water partition coefficient (Wildman–Crippen LogP) is 5.68. The Morgan fingerprint density at radius 1 is 0.971 bits per heavy atom. The summed E-state index contributed by atoms with van der Waals surface area (Å²) in [5.41, 5.74) is 2.19. The molecular formula is C25H22BrFN2O5. The molecule has 3 rings (SSSR count). The van der Waals surface area contributed by atoms with Gasteiger partial charge in [0.05, 0.1) is 30.5 Å². The van der Waals surface area contributed by atoms with E-state index < -0.39 is 23.5 Å². The molecule has 176 valence electrons. The molecule has 0 aliphatic carbocycles. The number of hydrogen-bond donors (Lipinski definition) is 3. The molecule has 0 saturated carbocycles. The van der Waals surface area contributed by atoms with Gasteiger partial charge in [0.1, 0.15) is 11.6 Å². The standard InChI is InChI=1S/C25H22BrFN2O5/c1-14-11-17(34-2)5-7-18(14)25(33)19-6-4-16(13-20(19)27)28-21-8-3-15(26)12-22(21)29-23(30)9-10-24(31)32/h3-8,11-13,28H,9-10H2,1-2H3,(H,29,30)(H,31,32). The summed E-state index contributed by atoms with van der Waals surface area (Å²) in [6.07, 6.45) is -0.478. The normalized spacial score (nSPS) is 10.5. The van der Waals surface area contributed by atoms with Gasteiger partial charge in [0.2, 0.25) is 5.91 Å². The second-order valence-corrected chi connectivity index (χ2v) is 8.38. The number of methoxy groups -OCH3 is 1. The van der Waals surface area contributed by atoms with E-state index in [1.54, 1.807) is 49.4 Å². The lowest BCUT2D eigenvalue weighted by atomic mass is 9.98. The highest BCUT2D eigenvalue weighted by Gasteiger charge is 2.17. The van der Waals surface area contributed by atoms with Gasteiger partial charge < -0.3 is 20.5 Å². The van der Waals surface area contributed by atoms with Crippen LogP contribution in [0.5, 0.6) is 5.75 Å². The highest BCUT2D eigenvalue weighted by molar-refractivity contribution is 9.10. The molecule has 0 spiro atoms. The Labute approximate surface area is 204 Å². The number of benzene rings is 3. The first kappa shape index (κ1) is 24.9. The van der Waals surface area contributed by atoms with Crippen LogP contribution < -0.4 is 15.4 Å². The molecule has 0 atom stereocenters. The summed E-state index contributed by atoms with van der Waals surface area (Å²) in [5, 5.41) is 14.4. The molecule has 0 radical (unpaired) electrons. The highest BCUT2D eigenvalue weighted by atomic mass is 79.9. The number of ether oxygens (including phenoxy) is 1. The van der Waals surface area contributed by atoms with E-state index in [4.69, 9.17) is 9.84 Å². The van der Waals surface area contributed by atoms with Crippen molar-refractivity contribution in [2.75, 3.05) is 17.7 Å². The smallest absolute Gasteiger partial charge is 0.303 e. The number of anilines is 3. The fourth-order valence-corrected chi connectivity index (χ4v) is 3.62. The predicted molar refractivity (Wildman–Crippen MR) is 130 cm³/mol. The van der Waals surface area contributed by atoms with Crippen molar-refractivity contribution in [2.45, 2.75) is 19.8 Å². The Bertz CT molecular complexity index is 1260. The summed E-state index contributed by atoms with van der Waals surface area (Å²) >= 11 is 3.33. The summed E-state index contributed by atoms with van der Waals surface area (Å²) < 4.78 is 20.7. The second-order valence-electron chi connectivity index (χ2n) is 7.46. The summed E-state index contributed by atoms with van der Waals surface area (Å²) in [6, 6.07) is 14.2. The third-order valence-electron chi connectivity index (χ3n) is 4.99. The largest absolute Gasteiger partial charge is 0.497 e. The van der Waals surface area contributed by atoms with Crippen LogP contribution in [0.2, 0.25) is 0 Å². The Morgan fingerprint density at radius 2 is 1.71 bits per heavy atom. The molecule has 9 heteroatoms. The third kappa shape index (κ3) is 6.20. The maximum atomic E-state index is 14.9. The molecule has 1 amide bonds. The molecule has 0 aromatic heterocycles. The number of halogens is 2. The average molecular weight is 529 g/mol. The van der Waals surface area contributed by atoms with Crippen LogP contribution in [-0.4, -0.2) is 29.9 Å². The Morgan fingerprint density at radius 3 is 2.35 bits per heavy atom. The molecule has 34 heavy (non-hydrogen) atoms. The van der Waals surface area contributed by atoms with Crippen LogP contribution in [0.4, 0.5) is 21.5 Å². The fourth-order valence-electron chi connectivity index (χ4n) is 3.26. The van der Waals surface area contributed by atoms with Gasteiger partial charge in [-0.2, -0.15) is 0 Å². The molecule has 0 unspecified atom stereocenters. The van der Waals surface area contributed by atoms with E-state index in [0.717, 1.165) is 0 Å². The zero-order valence-corrected chi connectivity index (χ0v) is 20.0. The van der Waals surface area contributed by atoms with Crippen molar-refractivity contribution in [3.8, 4) is 5.75 Å². The Balaban J connectivity index is 1.81. The van der Waals surface area contributed by atoms with Gasteiger partial charge in [-0.1, -0.05) is 15.9 Å². The van der Waals surface area contributed by atoms with Crippen molar-refractivity contribution in [1.29, 1.82) is 0 Å². The van der Waals surface area contributed by atoms with Crippen molar-refractivity contribution >= 4 is 50.7 Å². The Hall–Kier alpha value is -3.72. The number of amides is 1. The van der Waals surface area contributed by atoms with Crippen LogP contribution in [0.15, 0.2) is 59.1 Å². The topological polar surface area (TPSA) is 105 Å². The van der Waals surface area contributed by atoms with Gasteiger partial charge in [-0.25, -0.2) is 4.39 Å². The highest BCUT2D eigenvalue weighted by Crippen LogP contribution is 2.30. The monoisotopic (exact) mass is 528 g/mol. The summed E-state index contributed by atoms with van der Waals surface area (Å²) in [5.74, 6) is -2.08. The summed E-state index contributed by atoms with van der Waals surface area (Å²) in [4.78, 5) is 35.7. The first-order valence-electron chi connectivity index (χ1n) is 10.2. The number of carboxylic acids is 1. The molecule has 0 aliphatic rings. The van der Waals surface area contributed by atoms with Gasteiger partial charge in [-0.3, -0.25) is 14.4 Å². The molecule has 3 aromatic carbocycles. The molecule has 0 fully saturated rings. The number of carbonyl (C=O) groups is 3. The van der Waals surface area contributed by atoms with E-state index in [1.807, 2.05) is 0 Å². The van der Waals surface area contributed by atoms with Crippen LogP contribution in [0.1, 0.15) is 34.3 Å². The van der Waals surface area contributed by atoms with Crippen LogP contribution in [0, 0.1) is 12.7 Å². The minimum atomic E-state index is -1.07. The molecule has 0 heterocycles. The number of aryl methyl sites for hydroxylation is 1. The first-order chi connectivity index (χ1) is 16.2. The molecule has 7 nitrogen and oxygen atoms in total. The van der Waals surface area contributed by atoms with Gasteiger partial charge in [-0.15, -0.1) is 0 Å². The lowest BCUT2D eigenvalue weighted by Crippen LogP contribution is -2.14. The zero-order valence-electron chi connectivity index (χ0n) is 18.4. The van der Waals surface area contributed by atoms with Crippen LogP contribution in [-0.2, 0) is 9.59 Å². The molecule has 0 bridgehead atoms. The molecular weight excluding hydrogens is 507 g/mol. The minimum absolute atomic E-state index is 0.0724. The lowest BCUT2D eigenvalue weighted by Gasteiger charge is -2.15. The van der Waals surface area contributed by atoms with Crippen molar-refractivity contribution in [3.05, 3.63) is 81.6 Å². The number of nitrogens with one attached hydrogen (secondary N) is 2. The summed E-state index contributed by atoms with van der Waals surface area (Å²) in [6.45, 7) is 1.75. The van der Waals surface area contributed by atoms with E-state index in [9.17, 15) is 18.8 Å². The zero-order chi connectivity index (χ0) is 24.8. The number of ketones is 1. The maximum Gasteiger partial charge on any atom is 0.303 e. The number of aliphatic carboxylic acids is 1. The van der Waals surface area contributed by atoms with E-state index >= 15 is 0 Å². The van der Waals surface area contributed by atoms with Crippen LogP contribution in [0.3, 0.4) is 0 Å². The molecule has 0 saturated heterocycles. The summed E-state index contributed by atoms with van der Waals surface area (Å²) in [7, 11) is 1.53.